The number of aromatic nitrogens is 1. The molecule has 1 fully saturated rings. The third kappa shape index (κ3) is 6.91. The highest BCUT2D eigenvalue weighted by Crippen LogP contribution is 2.31. The van der Waals surface area contributed by atoms with Gasteiger partial charge in [-0.1, -0.05) is 12.1 Å². The zero-order valence-electron chi connectivity index (χ0n) is 20.5. The highest BCUT2D eigenvalue weighted by atomic mass is 32.2. The molecular formula is C24H25F3N4O6S. The van der Waals surface area contributed by atoms with E-state index in [-0.39, 0.29) is 60.9 Å². The number of amides is 1. The van der Waals surface area contributed by atoms with E-state index in [4.69, 9.17) is 9.47 Å². The number of halogens is 3. The number of nitrogens with zero attached hydrogens (tertiary/aromatic N) is 3. The summed E-state index contributed by atoms with van der Waals surface area (Å²) in [4.78, 5) is 30.9. The van der Waals surface area contributed by atoms with Crippen LogP contribution in [0.15, 0.2) is 30.3 Å². The molecule has 1 aliphatic rings. The van der Waals surface area contributed by atoms with Crippen molar-refractivity contribution >= 4 is 27.7 Å². The molecule has 3 rings (SSSR count). The molecule has 1 aromatic heterocycles. The van der Waals surface area contributed by atoms with Gasteiger partial charge < -0.3 is 14.4 Å². The molecule has 38 heavy (non-hydrogen) atoms. The normalized spacial score (nSPS) is 14.5. The molecule has 0 bridgehead atoms. The lowest BCUT2D eigenvalue weighted by atomic mass is 9.96. The van der Waals surface area contributed by atoms with Crippen molar-refractivity contribution in [2.24, 2.45) is 5.92 Å². The van der Waals surface area contributed by atoms with Crippen molar-refractivity contribution in [2.45, 2.75) is 31.7 Å². The minimum absolute atomic E-state index is 0.00201. The van der Waals surface area contributed by atoms with Crippen LogP contribution in [0.3, 0.4) is 0 Å². The number of anilines is 1. The number of ether oxygens (including phenoxy) is 2. The Kier molecular flexibility index (Phi) is 8.82. The van der Waals surface area contributed by atoms with E-state index < -0.39 is 45.3 Å². The summed E-state index contributed by atoms with van der Waals surface area (Å²) in [6.45, 7) is 2.29. The highest BCUT2D eigenvalue weighted by molar-refractivity contribution is 7.89. The number of piperidine rings is 1. The van der Waals surface area contributed by atoms with Crippen LogP contribution in [0.1, 0.15) is 46.8 Å². The second kappa shape index (κ2) is 11.7. The van der Waals surface area contributed by atoms with Crippen molar-refractivity contribution in [3.63, 3.8) is 0 Å². The minimum Gasteiger partial charge on any atom is -0.480 e. The Morgan fingerprint density at radius 2 is 1.84 bits per heavy atom. The zero-order chi connectivity index (χ0) is 28.1. The lowest BCUT2D eigenvalue weighted by molar-refractivity contribution is -0.137. The number of carbonyl (C=O) groups excluding carboxylic acids is 2. The number of nitrogens with one attached hydrogen (secondary N) is 1. The Hall–Kier alpha value is -3.86. The fourth-order valence-corrected chi connectivity index (χ4v) is 5.13. The van der Waals surface area contributed by atoms with Gasteiger partial charge in [0.2, 0.25) is 21.8 Å². The van der Waals surface area contributed by atoms with Crippen molar-refractivity contribution in [3.8, 4) is 11.9 Å². The SMILES string of the molecule is CCOC(=O)c1cc(C#N)c(N2CCC(C(=O)NS(=O)(=O)Cc3ccc(C(F)(F)F)cc3)CC2)nc1OC. The van der Waals surface area contributed by atoms with Gasteiger partial charge in [0.25, 0.3) is 0 Å². The number of sulfonamides is 1. The smallest absolute Gasteiger partial charge is 0.416 e. The number of pyridine rings is 1. The summed E-state index contributed by atoms with van der Waals surface area (Å²) in [6, 6.07) is 6.97. The van der Waals surface area contributed by atoms with E-state index >= 15 is 0 Å². The molecule has 1 N–H and O–H groups in total. The van der Waals surface area contributed by atoms with Crippen LogP contribution in [-0.4, -0.2) is 52.1 Å². The standard InChI is InChI=1S/C24H25F3N4O6S/c1-3-37-23(33)19-12-17(13-28)20(29-22(19)36-2)31-10-8-16(9-11-31)21(32)30-38(34,35)14-15-4-6-18(7-5-15)24(25,26)27/h4-7,12,16H,3,8-11,14H2,1-2H3,(H,30,32). The van der Waals surface area contributed by atoms with Crippen LogP contribution in [0.5, 0.6) is 5.88 Å². The summed E-state index contributed by atoms with van der Waals surface area (Å²) in [7, 11) is -2.82. The molecule has 2 aromatic rings. The average molecular weight is 555 g/mol. The molecule has 2 heterocycles. The maximum absolute atomic E-state index is 12.7. The Bertz CT molecular complexity index is 1330. The number of methoxy groups -OCH3 is 1. The molecule has 0 saturated carbocycles. The number of benzene rings is 1. The van der Waals surface area contributed by atoms with Crippen LogP contribution in [0, 0.1) is 17.2 Å². The number of nitriles is 1. The topological polar surface area (TPSA) is 139 Å². The number of hydrogen-bond donors (Lipinski definition) is 1. The van der Waals surface area contributed by atoms with Gasteiger partial charge in [0.1, 0.15) is 11.6 Å². The molecule has 0 aliphatic carbocycles. The Morgan fingerprint density at radius 3 is 2.37 bits per heavy atom. The van der Waals surface area contributed by atoms with Gasteiger partial charge in [-0.25, -0.2) is 13.2 Å². The van der Waals surface area contributed by atoms with Gasteiger partial charge >= 0.3 is 12.1 Å². The van der Waals surface area contributed by atoms with E-state index in [9.17, 15) is 36.4 Å². The van der Waals surface area contributed by atoms with E-state index in [2.05, 4.69) is 4.98 Å². The number of carbonyl (C=O) groups is 2. The summed E-state index contributed by atoms with van der Waals surface area (Å²) < 4.78 is 75.2. The van der Waals surface area contributed by atoms with Crippen LogP contribution >= 0.6 is 0 Å². The highest BCUT2D eigenvalue weighted by Gasteiger charge is 2.32. The Labute approximate surface area is 217 Å². The Morgan fingerprint density at radius 1 is 1.21 bits per heavy atom. The predicted octanol–water partition coefficient (Wildman–Crippen LogP) is 3.02. The molecular weight excluding hydrogens is 529 g/mol. The predicted molar refractivity (Wildman–Crippen MR) is 129 cm³/mol. The largest absolute Gasteiger partial charge is 0.480 e. The van der Waals surface area contributed by atoms with Crippen LogP contribution < -0.4 is 14.4 Å². The van der Waals surface area contributed by atoms with Gasteiger partial charge in [-0.2, -0.15) is 23.4 Å². The van der Waals surface area contributed by atoms with Crippen molar-refractivity contribution in [3.05, 3.63) is 52.6 Å². The van der Waals surface area contributed by atoms with Gasteiger partial charge in [-0.15, -0.1) is 0 Å². The van der Waals surface area contributed by atoms with Gasteiger partial charge in [0, 0.05) is 19.0 Å². The van der Waals surface area contributed by atoms with Gasteiger partial charge in [0.05, 0.1) is 30.6 Å². The number of esters is 1. The Balaban J connectivity index is 1.65. The van der Waals surface area contributed by atoms with Crippen LogP contribution in [-0.2, 0) is 31.5 Å². The minimum atomic E-state index is -4.54. The van der Waals surface area contributed by atoms with Crippen LogP contribution in [0.2, 0.25) is 0 Å². The summed E-state index contributed by atoms with van der Waals surface area (Å²) in [5.41, 5.74) is -0.696. The lowest BCUT2D eigenvalue weighted by Crippen LogP contribution is -2.43. The molecule has 0 atom stereocenters. The molecule has 1 amide bonds. The van der Waals surface area contributed by atoms with Crippen molar-refractivity contribution in [1.82, 2.24) is 9.71 Å². The van der Waals surface area contributed by atoms with Crippen LogP contribution in [0.25, 0.3) is 0 Å². The molecule has 204 valence electrons. The molecule has 14 heteroatoms. The monoisotopic (exact) mass is 554 g/mol. The quantitative estimate of drug-likeness (QED) is 0.488. The van der Waals surface area contributed by atoms with E-state index in [0.29, 0.717) is 0 Å². The lowest BCUT2D eigenvalue weighted by Gasteiger charge is -2.32. The second-order valence-electron chi connectivity index (χ2n) is 8.43. The molecule has 1 aliphatic heterocycles. The van der Waals surface area contributed by atoms with E-state index in [1.807, 2.05) is 10.8 Å². The molecule has 10 nitrogen and oxygen atoms in total. The van der Waals surface area contributed by atoms with Gasteiger partial charge in [-0.3, -0.25) is 9.52 Å². The number of alkyl halides is 3. The first-order chi connectivity index (χ1) is 17.9. The second-order valence-corrected chi connectivity index (χ2v) is 10.2. The first kappa shape index (κ1) is 28.7. The molecule has 0 radical (unpaired) electrons. The third-order valence-electron chi connectivity index (χ3n) is 5.84. The van der Waals surface area contributed by atoms with Gasteiger partial charge in [0.15, 0.2) is 5.82 Å². The van der Waals surface area contributed by atoms with E-state index in [1.54, 1.807) is 11.8 Å². The first-order valence-electron chi connectivity index (χ1n) is 11.5. The van der Waals surface area contributed by atoms with E-state index in [0.717, 1.165) is 24.3 Å². The summed E-state index contributed by atoms with van der Waals surface area (Å²) in [5, 5.41) is 9.60. The number of hydrogen-bond acceptors (Lipinski definition) is 9. The summed E-state index contributed by atoms with van der Waals surface area (Å²) >= 11 is 0. The molecule has 0 spiro atoms. The van der Waals surface area contributed by atoms with Crippen molar-refractivity contribution < 1.29 is 40.7 Å². The maximum atomic E-state index is 12.7. The van der Waals surface area contributed by atoms with Crippen molar-refractivity contribution in [1.29, 1.82) is 5.26 Å². The van der Waals surface area contributed by atoms with E-state index in [1.165, 1.54) is 13.2 Å². The average Bonchev–Trinajstić information content (AvgIpc) is 2.87. The third-order valence-corrected chi connectivity index (χ3v) is 7.06. The fourth-order valence-electron chi connectivity index (χ4n) is 3.96. The molecule has 1 saturated heterocycles. The number of rotatable bonds is 8. The van der Waals surface area contributed by atoms with Crippen LogP contribution in [0.4, 0.5) is 19.0 Å². The first-order valence-corrected chi connectivity index (χ1v) is 13.2. The summed E-state index contributed by atoms with van der Waals surface area (Å²) in [6.07, 6.45) is -4.05. The van der Waals surface area contributed by atoms with Crippen molar-refractivity contribution in [2.75, 3.05) is 31.7 Å². The van der Waals surface area contributed by atoms with Gasteiger partial charge in [-0.05, 0) is 43.5 Å². The maximum Gasteiger partial charge on any atom is 0.416 e. The summed E-state index contributed by atoms with van der Waals surface area (Å²) in [5.74, 6) is -2.48. The zero-order valence-corrected chi connectivity index (χ0v) is 21.4. The molecule has 0 unspecified atom stereocenters. The fraction of sp³-hybridized carbons (Fsp3) is 0.417. The molecule has 1 aromatic carbocycles.